The van der Waals surface area contributed by atoms with Crippen LogP contribution in [0.2, 0.25) is 0 Å². The van der Waals surface area contributed by atoms with Crippen LogP contribution in [0.4, 0.5) is 0 Å². The molecule has 1 N–H and O–H groups in total. The van der Waals surface area contributed by atoms with Crippen LogP contribution in [0.15, 0.2) is 18.2 Å². The molecule has 0 heterocycles. The lowest BCUT2D eigenvalue weighted by atomic mass is 9.53. The van der Waals surface area contributed by atoms with E-state index in [1.54, 1.807) is 18.2 Å². The number of hydrogen-bond acceptors (Lipinski definition) is 6. The van der Waals surface area contributed by atoms with Crippen LogP contribution in [0.5, 0.6) is 5.75 Å². The Kier molecular flexibility index (Phi) is 3.92. The van der Waals surface area contributed by atoms with Crippen LogP contribution in [-0.2, 0) is 16.1 Å². The molecule has 1 amide bonds. The van der Waals surface area contributed by atoms with Crippen LogP contribution >= 0.6 is 0 Å². The first-order valence-electron chi connectivity index (χ1n) is 10.2. The van der Waals surface area contributed by atoms with Gasteiger partial charge in [-0.3, -0.25) is 14.4 Å². The van der Waals surface area contributed by atoms with Crippen molar-refractivity contribution >= 4 is 11.7 Å². The number of nitrogens with zero attached hydrogens (tertiary/aromatic N) is 1. The van der Waals surface area contributed by atoms with Crippen LogP contribution in [0.1, 0.15) is 54.4 Å². The molecule has 0 aromatic heterocycles. The lowest BCUT2D eigenvalue weighted by molar-refractivity contribution is -0.771. The molecule has 0 radical (unpaired) electrons. The molecule has 5 aliphatic rings. The summed E-state index contributed by atoms with van der Waals surface area (Å²) in [4.78, 5) is 42.7. The second kappa shape index (κ2) is 6.18. The predicted molar refractivity (Wildman–Crippen MR) is 101 cm³/mol. The molecular formula is C21H24N2O6. The topological polar surface area (TPSA) is 108 Å². The molecular weight excluding hydrogens is 376 g/mol. The second-order valence-electron chi connectivity index (χ2n) is 9.32. The Morgan fingerprint density at radius 1 is 1.17 bits per heavy atom. The summed E-state index contributed by atoms with van der Waals surface area (Å²) in [6.07, 6.45) is 6.09. The number of hydrogen-bond donors (Lipinski definition) is 1. The van der Waals surface area contributed by atoms with Gasteiger partial charge in [0, 0.05) is 17.5 Å². The average molecular weight is 400 g/mol. The molecule has 1 atom stereocenters. The highest BCUT2D eigenvalue weighted by Crippen LogP contribution is 2.55. The first kappa shape index (κ1) is 18.4. The van der Waals surface area contributed by atoms with E-state index < -0.39 is 22.4 Å². The van der Waals surface area contributed by atoms with E-state index in [0.29, 0.717) is 29.1 Å². The molecule has 8 nitrogen and oxygen atoms in total. The van der Waals surface area contributed by atoms with E-state index >= 15 is 0 Å². The fourth-order valence-electron chi connectivity index (χ4n) is 6.66. The Bertz CT molecular complexity index is 877. The summed E-state index contributed by atoms with van der Waals surface area (Å²) >= 11 is 0. The minimum Gasteiger partial charge on any atom is -0.497 e. The van der Waals surface area contributed by atoms with Crippen molar-refractivity contribution in [2.24, 2.45) is 17.8 Å². The van der Waals surface area contributed by atoms with E-state index in [-0.39, 0.29) is 17.5 Å². The number of ketones is 1. The molecule has 5 aliphatic carbocycles. The van der Waals surface area contributed by atoms with Crippen LogP contribution < -0.4 is 10.1 Å². The summed E-state index contributed by atoms with van der Waals surface area (Å²) < 4.78 is 5.19. The molecule has 1 aromatic rings. The molecule has 0 spiro atoms. The van der Waals surface area contributed by atoms with Crippen molar-refractivity contribution in [3.8, 4) is 5.75 Å². The minimum absolute atomic E-state index is 0.169. The summed E-state index contributed by atoms with van der Waals surface area (Å²) in [5.41, 5.74) is -1.74. The zero-order chi connectivity index (χ0) is 20.4. The third-order valence-electron chi connectivity index (χ3n) is 7.38. The van der Waals surface area contributed by atoms with Gasteiger partial charge in [0.1, 0.15) is 5.75 Å². The van der Waals surface area contributed by atoms with Crippen molar-refractivity contribution in [2.75, 3.05) is 7.11 Å². The van der Waals surface area contributed by atoms with Crippen molar-refractivity contribution < 1.29 is 24.3 Å². The van der Waals surface area contributed by atoms with E-state index in [0.717, 1.165) is 19.3 Å². The van der Waals surface area contributed by atoms with Gasteiger partial charge in [-0.1, -0.05) is 0 Å². The number of carbonyl (C=O) groups is 2. The average Bonchev–Trinajstić information content (AvgIpc) is 2.92. The zero-order valence-corrected chi connectivity index (χ0v) is 16.3. The van der Waals surface area contributed by atoms with Gasteiger partial charge in [0.15, 0.2) is 0 Å². The molecule has 0 saturated heterocycles. The molecule has 4 saturated carbocycles. The van der Waals surface area contributed by atoms with E-state index in [4.69, 9.17) is 9.57 Å². The number of fused-ring (bicyclic) bond motifs is 1. The fraction of sp³-hybridized carbons (Fsp3) is 0.619. The summed E-state index contributed by atoms with van der Waals surface area (Å²) in [5, 5.41) is 13.3. The van der Waals surface area contributed by atoms with Gasteiger partial charge >= 0.3 is 0 Å². The third kappa shape index (κ3) is 2.80. The maximum Gasteiger partial charge on any atom is 0.296 e. The molecule has 0 aliphatic heterocycles. The normalized spacial score (nSPS) is 36.6. The van der Waals surface area contributed by atoms with Gasteiger partial charge in [-0.05, 0) is 80.0 Å². The Hall–Kier alpha value is -2.64. The molecule has 8 heteroatoms. The van der Waals surface area contributed by atoms with E-state index in [2.05, 4.69) is 5.32 Å². The standard InChI is InChI=1S/C21H24N2O6/c1-28-16-2-3-17-15(7-16)11-21(18(17)24,29-23(26)27)19(25)22-20-8-12-4-13(9-20)6-14(5-12)10-20/h2-3,7,12-14H,4-6,8-11H2,1H3,(H,22,25)/t12?,13?,14?,20?,21-/m1/s1. The number of Topliss-reactive ketones (excluding diaryl/α,β-unsaturated/α-hetero) is 1. The van der Waals surface area contributed by atoms with Crippen molar-refractivity contribution in [3.63, 3.8) is 0 Å². The van der Waals surface area contributed by atoms with Gasteiger partial charge in [0.05, 0.1) is 7.11 Å². The summed E-state index contributed by atoms with van der Waals surface area (Å²) in [6, 6.07) is 4.78. The molecule has 6 rings (SSSR count). The second-order valence-corrected chi connectivity index (χ2v) is 9.32. The number of amides is 1. The highest BCUT2D eigenvalue weighted by atomic mass is 17.0. The monoisotopic (exact) mass is 400 g/mol. The van der Waals surface area contributed by atoms with Gasteiger partial charge in [0.25, 0.3) is 16.6 Å². The number of rotatable bonds is 5. The van der Waals surface area contributed by atoms with Gasteiger partial charge in [-0.2, -0.15) is 0 Å². The predicted octanol–water partition coefficient (Wildman–Crippen LogP) is 2.47. The van der Waals surface area contributed by atoms with Gasteiger partial charge < -0.3 is 10.1 Å². The molecule has 154 valence electrons. The van der Waals surface area contributed by atoms with Crippen LogP contribution in [-0.4, -0.2) is 35.0 Å². The lowest BCUT2D eigenvalue weighted by Crippen LogP contribution is -2.65. The Morgan fingerprint density at radius 3 is 2.34 bits per heavy atom. The van der Waals surface area contributed by atoms with Crippen LogP contribution in [0.25, 0.3) is 0 Å². The molecule has 0 unspecified atom stereocenters. The Morgan fingerprint density at radius 2 is 1.79 bits per heavy atom. The maximum atomic E-state index is 13.4. The summed E-state index contributed by atoms with van der Waals surface area (Å²) in [7, 11) is 1.50. The van der Waals surface area contributed by atoms with Crippen molar-refractivity contribution in [2.45, 2.75) is 56.1 Å². The van der Waals surface area contributed by atoms with Gasteiger partial charge in [-0.25, -0.2) is 0 Å². The van der Waals surface area contributed by atoms with E-state index in [1.807, 2.05) is 0 Å². The van der Waals surface area contributed by atoms with E-state index in [9.17, 15) is 19.7 Å². The molecule has 29 heavy (non-hydrogen) atoms. The first-order chi connectivity index (χ1) is 13.8. The van der Waals surface area contributed by atoms with E-state index in [1.165, 1.54) is 26.4 Å². The number of ether oxygens (including phenoxy) is 1. The smallest absolute Gasteiger partial charge is 0.296 e. The summed E-state index contributed by atoms with van der Waals surface area (Å²) in [6.45, 7) is 0. The van der Waals surface area contributed by atoms with Gasteiger partial charge in [-0.15, -0.1) is 10.1 Å². The fourth-order valence-corrected chi connectivity index (χ4v) is 6.66. The number of benzene rings is 1. The SMILES string of the molecule is COc1ccc2c(c1)C[C@](O[N+](=O)[O-])(C(=O)NC13CC4CC(CC(C4)C1)C3)C2=O. The van der Waals surface area contributed by atoms with Crippen LogP contribution in [0, 0.1) is 27.9 Å². The number of methoxy groups -OCH3 is 1. The largest absolute Gasteiger partial charge is 0.497 e. The highest BCUT2D eigenvalue weighted by Gasteiger charge is 2.59. The lowest BCUT2D eigenvalue weighted by Gasteiger charge is -2.57. The number of carbonyl (C=O) groups excluding carboxylic acids is 2. The quantitative estimate of drug-likeness (QED) is 0.462. The zero-order valence-electron chi connectivity index (χ0n) is 16.3. The molecule has 4 fully saturated rings. The van der Waals surface area contributed by atoms with Crippen molar-refractivity contribution in [3.05, 3.63) is 39.4 Å². The minimum atomic E-state index is -2.17. The Labute approximate surface area is 168 Å². The number of nitrogens with one attached hydrogen (secondary N) is 1. The maximum absolute atomic E-state index is 13.4. The van der Waals surface area contributed by atoms with Crippen molar-refractivity contribution in [1.82, 2.24) is 5.32 Å². The third-order valence-corrected chi connectivity index (χ3v) is 7.38. The molecule has 1 aromatic carbocycles. The highest BCUT2D eigenvalue weighted by molar-refractivity contribution is 6.20. The summed E-state index contributed by atoms with van der Waals surface area (Å²) in [5.74, 6) is 0.958. The Balaban J connectivity index is 1.46. The molecule has 4 bridgehead atoms. The van der Waals surface area contributed by atoms with Crippen molar-refractivity contribution in [1.29, 1.82) is 0 Å². The van der Waals surface area contributed by atoms with Gasteiger partial charge in [0.2, 0.25) is 5.78 Å². The first-order valence-corrected chi connectivity index (χ1v) is 10.2. The van der Waals surface area contributed by atoms with Crippen LogP contribution in [0.3, 0.4) is 0 Å².